The molecule has 0 aliphatic carbocycles. The average molecular weight is 509 g/mol. The molecule has 0 fully saturated rings. The lowest BCUT2D eigenvalue weighted by Crippen LogP contribution is -2.33. The number of hydrogen-bond donors (Lipinski definition) is 1. The topological polar surface area (TPSA) is 115 Å². The molecule has 10 heteroatoms. The number of aromatic amines is 1. The molecule has 1 aromatic heterocycles. The molecule has 0 unspecified atom stereocenters. The number of hydrogen-bond acceptors (Lipinski definition) is 5. The minimum Gasteiger partial charge on any atom is -0.270 e. The van der Waals surface area contributed by atoms with Crippen LogP contribution in [-0.4, -0.2) is 14.8 Å². The molecule has 0 bridgehead atoms. The number of H-pyrrole nitrogens is 1. The van der Waals surface area contributed by atoms with Crippen LogP contribution in [-0.2, 0) is 5.41 Å². The summed E-state index contributed by atoms with van der Waals surface area (Å²) in [7, 11) is 0. The summed E-state index contributed by atoms with van der Waals surface area (Å²) in [5, 5.41) is 24.6. The van der Waals surface area contributed by atoms with Crippen molar-refractivity contribution in [1.82, 2.24) is 14.8 Å². The molecule has 0 aliphatic rings. The second-order valence-corrected chi connectivity index (χ2v) is 8.45. The van der Waals surface area contributed by atoms with Crippen LogP contribution in [0.25, 0.3) is 5.69 Å². The van der Waals surface area contributed by atoms with Gasteiger partial charge in [-0.25, -0.2) is 4.79 Å². The lowest BCUT2D eigenvalue weighted by atomic mass is 9.70. The van der Waals surface area contributed by atoms with Crippen molar-refractivity contribution in [2.45, 2.75) is 5.41 Å². The van der Waals surface area contributed by atoms with Crippen LogP contribution in [0.2, 0.25) is 15.1 Å². The van der Waals surface area contributed by atoms with Gasteiger partial charge in [0.15, 0.2) is 0 Å². The summed E-state index contributed by atoms with van der Waals surface area (Å²) in [6.45, 7) is 0. The van der Waals surface area contributed by atoms with E-state index in [1.165, 1.54) is 12.1 Å². The first-order chi connectivity index (χ1) is 16.3. The van der Waals surface area contributed by atoms with Gasteiger partial charge in [-0.1, -0.05) is 65.1 Å². The number of nitrogens with zero attached hydrogens (tertiary/aromatic N) is 4. The Morgan fingerprint density at radius 2 is 1.41 bits per heavy atom. The lowest BCUT2D eigenvalue weighted by Gasteiger charge is -2.30. The zero-order chi connectivity index (χ0) is 24.5. The van der Waals surface area contributed by atoms with Crippen LogP contribution < -0.4 is 11.2 Å². The third-order valence-corrected chi connectivity index (χ3v) is 6.07. The molecule has 7 nitrogen and oxygen atoms in total. The van der Waals surface area contributed by atoms with E-state index >= 15 is 0 Å². The van der Waals surface area contributed by atoms with Crippen molar-refractivity contribution in [1.29, 1.82) is 10.5 Å². The first-order valence-corrected chi connectivity index (χ1v) is 10.8. The molecule has 0 spiro atoms. The molecule has 166 valence electrons. The molecular weight excluding hydrogens is 497 g/mol. The number of benzene rings is 3. The third kappa shape index (κ3) is 3.98. The summed E-state index contributed by atoms with van der Waals surface area (Å²) in [6.07, 6.45) is 0. The summed E-state index contributed by atoms with van der Waals surface area (Å²) in [6, 6.07) is 22.2. The molecule has 0 aliphatic heterocycles. The zero-order valence-electron chi connectivity index (χ0n) is 17.1. The Kier molecular flexibility index (Phi) is 6.28. The van der Waals surface area contributed by atoms with Crippen molar-refractivity contribution in [3.8, 4) is 17.8 Å². The van der Waals surface area contributed by atoms with E-state index < -0.39 is 22.4 Å². The highest BCUT2D eigenvalue weighted by atomic mass is 35.5. The number of nitrogens with one attached hydrogen (secondary N) is 1. The predicted molar refractivity (Wildman–Crippen MR) is 129 cm³/mol. The fraction of sp³-hybridized carbons (Fsp3) is 0.0417. The van der Waals surface area contributed by atoms with E-state index in [0.29, 0.717) is 26.7 Å². The van der Waals surface area contributed by atoms with Crippen molar-refractivity contribution in [3.63, 3.8) is 0 Å². The number of halogens is 3. The van der Waals surface area contributed by atoms with Crippen molar-refractivity contribution >= 4 is 34.8 Å². The molecule has 0 amide bonds. The monoisotopic (exact) mass is 507 g/mol. The average Bonchev–Trinajstić information content (AvgIpc) is 2.83. The van der Waals surface area contributed by atoms with Gasteiger partial charge >= 0.3 is 5.69 Å². The Morgan fingerprint density at radius 3 is 1.88 bits per heavy atom. The summed E-state index contributed by atoms with van der Waals surface area (Å²) in [5.41, 5.74) is -1.69. The van der Waals surface area contributed by atoms with E-state index in [-0.39, 0.29) is 10.7 Å². The number of nitriles is 2. The maximum Gasteiger partial charge on any atom is 0.349 e. The molecule has 3 aromatic carbocycles. The van der Waals surface area contributed by atoms with Crippen molar-refractivity contribution in [3.05, 3.63) is 125 Å². The van der Waals surface area contributed by atoms with E-state index in [1.807, 2.05) is 4.98 Å². The van der Waals surface area contributed by atoms with Gasteiger partial charge in [0.2, 0.25) is 5.69 Å². The number of aromatic nitrogens is 3. The molecule has 1 heterocycles. The van der Waals surface area contributed by atoms with Gasteiger partial charge in [0.1, 0.15) is 11.5 Å². The Bertz CT molecular complexity index is 1550. The smallest absolute Gasteiger partial charge is 0.270 e. The van der Waals surface area contributed by atoms with Crippen LogP contribution >= 0.6 is 34.8 Å². The molecule has 4 aromatic rings. The predicted octanol–water partition coefficient (Wildman–Crippen LogP) is 4.61. The maximum absolute atomic E-state index is 12.3. The van der Waals surface area contributed by atoms with Crippen LogP contribution in [0.4, 0.5) is 0 Å². The molecule has 1 N–H and O–H groups in total. The van der Waals surface area contributed by atoms with E-state index in [4.69, 9.17) is 40.1 Å². The van der Waals surface area contributed by atoms with Crippen molar-refractivity contribution < 1.29 is 0 Å². The fourth-order valence-electron chi connectivity index (χ4n) is 3.65. The molecule has 4 rings (SSSR count). The quantitative estimate of drug-likeness (QED) is 0.404. The van der Waals surface area contributed by atoms with Gasteiger partial charge in [-0.2, -0.15) is 15.2 Å². The van der Waals surface area contributed by atoms with Gasteiger partial charge in [-0.3, -0.25) is 9.78 Å². The van der Waals surface area contributed by atoms with Crippen LogP contribution in [0, 0.1) is 22.7 Å². The van der Waals surface area contributed by atoms with E-state index in [9.17, 15) is 14.9 Å². The van der Waals surface area contributed by atoms with Gasteiger partial charge in [-0.05, 0) is 53.1 Å². The molecule has 34 heavy (non-hydrogen) atoms. The Morgan fingerprint density at radius 1 is 0.853 bits per heavy atom. The summed E-state index contributed by atoms with van der Waals surface area (Å²) < 4.78 is 0.855. The summed E-state index contributed by atoms with van der Waals surface area (Å²) >= 11 is 18.8. The van der Waals surface area contributed by atoms with Crippen LogP contribution in [0.3, 0.4) is 0 Å². The van der Waals surface area contributed by atoms with Crippen LogP contribution in [0.1, 0.15) is 22.4 Å². The molecule has 0 radical (unpaired) electrons. The highest BCUT2D eigenvalue weighted by Gasteiger charge is 2.38. The molecular formula is C24H12Cl3N5O2. The van der Waals surface area contributed by atoms with Crippen LogP contribution in [0.15, 0.2) is 76.3 Å². The second-order valence-electron chi connectivity index (χ2n) is 7.17. The van der Waals surface area contributed by atoms with E-state index in [0.717, 1.165) is 4.68 Å². The van der Waals surface area contributed by atoms with Crippen molar-refractivity contribution in [2.24, 2.45) is 0 Å². The van der Waals surface area contributed by atoms with Gasteiger partial charge in [-0.15, -0.1) is 5.10 Å². The highest BCUT2D eigenvalue weighted by molar-refractivity contribution is 6.32. The standard InChI is InChI=1S/C24H12Cl3N5O2/c25-16-5-1-14(2-6-16)24(13-29,15-3-7-17(26)8-4-15)19-10-9-18(11-20(19)27)32-23(34)30-22(33)21(12-28)31-32/h1-11H,(H,30,33,34). The van der Waals surface area contributed by atoms with Crippen molar-refractivity contribution in [2.75, 3.05) is 0 Å². The van der Waals surface area contributed by atoms with Crippen LogP contribution in [0.5, 0.6) is 0 Å². The minimum absolute atomic E-state index is 0.155. The number of rotatable bonds is 4. The molecule has 0 saturated heterocycles. The SMILES string of the molecule is N#Cc1nn(-c2ccc(C(C#N)(c3ccc(Cl)cc3)c3ccc(Cl)cc3)c(Cl)c2)c(=O)[nH]c1=O. The molecule has 0 atom stereocenters. The highest BCUT2D eigenvalue weighted by Crippen LogP contribution is 2.43. The largest absolute Gasteiger partial charge is 0.349 e. The summed E-state index contributed by atoms with van der Waals surface area (Å²) in [4.78, 5) is 26.0. The normalized spacial score (nSPS) is 11.0. The Hall–Kier alpha value is -3.88. The van der Waals surface area contributed by atoms with E-state index in [2.05, 4.69) is 11.2 Å². The molecule has 0 saturated carbocycles. The Labute approximate surface area is 208 Å². The maximum atomic E-state index is 12.3. The fourth-order valence-corrected chi connectivity index (χ4v) is 4.22. The first-order valence-electron chi connectivity index (χ1n) is 9.67. The van der Waals surface area contributed by atoms with E-state index in [1.54, 1.807) is 60.7 Å². The lowest BCUT2D eigenvalue weighted by molar-refractivity contribution is 0.737. The third-order valence-electron chi connectivity index (χ3n) is 5.26. The minimum atomic E-state index is -1.34. The summed E-state index contributed by atoms with van der Waals surface area (Å²) in [5.74, 6) is 0. The van der Waals surface area contributed by atoms with Gasteiger partial charge in [0.05, 0.1) is 11.8 Å². The zero-order valence-corrected chi connectivity index (χ0v) is 19.4. The van der Waals surface area contributed by atoms with Gasteiger partial charge < -0.3 is 0 Å². The van der Waals surface area contributed by atoms with Gasteiger partial charge in [0.25, 0.3) is 5.56 Å². The Balaban J connectivity index is 1.97. The first kappa shape index (κ1) is 23.3. The second kappa shape index (κ2) is 9.17. The van der Waals surface area contributed by atoms with Gasteiger partial charge in [0, 0.05) is 15.1 Å².